The van der Waals surface area contributed by atoms with Crippen molar-refractivity contribution in [1.29, 1.82) is 0 Å². The Morgan fingerprint density at radius 3 is 2.92 bits per heavy atom. The molecule has 0 spiro atoms. The lowest BCUT2D eigenvalue weighted by Gasteiger charge is -2.06. The van der Waals surface area contributed by atoms with Gasteiger partial charge in [-0.3, -0.25) is 0 Å². The van der Waals surface area contributed by atoms with Crippen molar-refractivity contribution in [3.8, 4) is 0 Å². The maximum absolute atomic E-state index is 12.6. The molecular formula is C10H11ClFN. The first-order valence-corrected chi connectivity index (χ1v) is 4.41. The highest BCUT2D eigenvalue weighted by atomic mass is 35.5. The molecule has 0 atom stereocenters. The summed E-state index contributed by atoms with van der Waals surface area (Å²) in [6.07, 6.45) is 2.66. The fraction of sp³-hybridized carbons (Fsp3) is 0.200. The first kappa shape index (κ1) is 10.1. The molecule has 0 fully saturated rings. The van der Waals surface area contributed by atoms with Crippen molar-refractivity contribution < 1.29 is 4.39 Å². The third-order valence-corrected chi connectivity index (χ3v) is 1.91. The summed E-state index contributed by atoms with van der Waals surface area (Å²) >= 11 is 5.78. The zero-order valence-corrected chi connectivity index (χ0v) is 7.94. The molecule has 0 heterocycles. The normalized spacial score (nSPS) is 9.69. The quantitative estimate of drug-likeness (QED) is 0.579. The molecule has 1 N–H and O–H groups in total. The summed E-state index contributed by atoms with van der Waals surface area (Å²) in [6.45, 7) is 4.35. The maximum atomic E-state index is 12.6. The number of benzene rings is 1. The van der Waals surface area contributed by atoms with Crippen LogP contribution in [0.4, 0.5) is 10.1 Å². The van der Waals surface area contributed by atoms with Gasteiger partial charge in [0.25, 0.3) is 0 Å². The zero-order valence-electron chi connectivity index (χ0n) is 7.19. The van der Waals surface area contributed by atoms with Gasteiger partial charge < -0.3 is 5.32 Å². The molecule has 1 aromatic rings. The number of halogens is 2. The van der Waals surface area contributed by atoms with E-state index in [1.54, 1.807) is 6.07 Å². The average molecular weight is 200 g/mol. The predicted octanol–water partition coefficient (Wildman–Crippen LogP) is 3.47. The summed E-state index contributed by atoms with van der Waals surface area (Å²) in [5, 5.41) is 3.48. The summed E-state index contributed by atoms with van der Waals surface area (Å²) in [4.78, 5) is 0. The topological polar surface area (TPSA) is 12.0 Å². The highest BCUT2D eigenvalue weighted by molar-refractivity contribution is 6.33. The Kier molecular flexibility index (Phi) is 3.77. The molecule has 1 aromatic carbocycles. The summed E-state index contributed by atoms with van der Waals surface area (Å²) in [5.74, 6) is -0.320. The van der Waals surface area contributed by atoms with Gasteiger partial charge in [0.2, 0.25) is 0 Å². The monoisotopic (exact) mass is 199 g/mol. The van der Waals surface area contributed by atoms with Crippen LogP contribution in [0.3, 0.4) is 0 Å². The summed E-state index contributed by atoms with van der Waals surface area (Å²) in [6, 6.07) is 4.29. The lowest BCUT2D eigenvalue weighted by atomic mass is 10.3. The minimum atomic E-state index is -0.320. The van der Waals surface area contributed by atoms with Gasteiger partial charge in [0.05, 0.1) is 10.7 Å². The molecule has 0 unspecified atom stereocenters. The summed E-state index contributed by atoms with van der Waals surface area (Å²) < 4.78 is 12.6. The number of nitrogens with one attached hydrogen (secondary N) is 1. The van der Waals surface area contributed by atoms with Crippen molar-refractivity contribution in [3.63, 3.8) is 0 Å². The average Bonchev–Trinajstić information content (AvgIpc) is 2.09. The molecule has 0 saturated carbocycles. The van der Waals surface area contributed by atoms with E-state index in [0.29, 0.717) is 5.02 Å². The Bertz CT molecular complexity index is 299. The van der Waals surface area contributed by atoms with Crippen LogP contribution in [0, 0.1) is 5.82 Å². The predicted molar refractivity (Wildman–Crippen MR) is 54.7 cm³/mol. The van der Waals surface area contributed by atoms with Crippen molar-refractivity contribution in [3.05, 3.63) is 41.7 Å². The number of rotatable bonds is 4. The van der Waals surface area contributed by atoms with E-state index in [9.17, 15) is 4.39 Å². The van der Waals surface area contributed by atoms with Gasteiger partial charge in [-0.1, -0.05) is 17.7 Å². The Morgan fingerprint density at radius 2 is 2.31 bits per heavy atom. The van der Waals surface area contributed by atoms with Crippen LogP contribution in [0.2, 0.25) is 5.02 Å². The molecule has 1 rings (SSSR count). The highest BCUT2D eigenvalue weighted by Gasteiger charge is 1.99. The van der Waals surface area contributed by atoms with Gasteiger partial charge in [0.15, 0.2) is 0 Å². The van der Waals surface area contributed by atoms with E-state index in [4.69, 9.17) is 11.6 Å². The van der Waals surface area contributed by atoms with Gasteiger partial charge in [-0.05, 0) is 24.6 Å². The number of hydrogen-bond donors (Lipinski definition) is 1. The van der Waals surface area contributed by atoms with Gasteiger partial charge in [0, 0.05) is 6.54 Å². The molecule has 0 aliphatic carbocycles. The van der Waals surface area contributed by atoms with E-state index in [1.807, 2.05) is 6.08 Å². The van der Waals surface area contributed by atoms with Crippen LogP contribution >= 0.6 is 11.6 Å². The van der Waals surface area contributed by atoms with Crippen molar-refractivity contribution in [1.82, 2.24) is 0 Å². The zero-order chi connectivity index (χ0) is 9.68. The molecule has 3 heteroatoms. The highest BCUT2D eigenvalue weighted by Crippen LogP contribution is 2.21. The van der Waals surface area contributed by atoms with Crippen molar-refractivity contribution in [2.75, 3.05) is 11.9 Å². The molecule has 0 radical (unpaired) electrons. The summed E-state index contributed by atoms with van der Waals surface area (Å²) in [5.41, 5.74) is 0.755. The standard InChI is InChI=1S/C10H11ClFN/c1-2-3-6-13-10-5-4-8(12)7-9(10)11/h2,4-5,7,13H,1,3,6H2. The Balaban J connectivity index is 2.61. The van der Waals surface area contributed by atoms with Crippen molar-refractivity contribution in [2.45, 2.75) is 6.42 Å². The fourth-order valence-corrected chi connectivity index (χ4v) is 1.18. The number of anilines is 1. The van der Waals surface area contributed by atoms with E-state index in [0.717, 1.165) is 18.7 Å². The largest absolute Gasteiger partial charge is 0.384 e. The van der Waals surface area contributed by atoms with Crippen LogP contribution in [0.15, 0.2) is 30.9 Å². The van der Waals surface area contributed by atoms with Crippen LogP contribution in [-0.2, 0) is 0 Å². The van der Waals surface area contributed by atoms with Crippen LogP contribution in [0.1, 0.15) is 6.42 Å². The second kappa shape index (κ2) is 4.87. The molecule has 0 amide bonds. The number of hydrogen-bond acceptors (Lipinski definition) is 1. The molecular weight excluding hydrogens is 189 g/mol. The lowest BCUT2D eigenvalue weighted by molar-refractivity contribution is 0.628. The minimum Gasteiger partial charge on any atom is -0.384 e. The first-order chi connectivity index (χ1) is 6.24. The first-order valence-electron chi connectivity index (χ1n) is 4.04. The molecule has 0 aromatic heterocycles. The van der Waals surface area contributed by atoms with Gasteiger partial charge >= 0.3 is 0 Å². The van der Waals surface area contributed by atoms with Gasteiger partial charge in [-0.25, -0.2) is 4.39 Å². The summed E-state index contributed by atoms with van der Waals surface area (Å²) in [7, 11) is 0. The van der Waals surface area contributed by atoms with Crippen LogP contribution in [0.5, 0.6) is 0 Å². The molecule has 70 valence electrons. The van der Waals surface area contributed by atoms with E-state index in [2.05, 4.69) is 11.9 Å². The molecule has 0 bridgehead atoms. The second-order valence-electron chi connectivity index (χ2n) is 2.63. The van der Waals surface area contributed by atoms with Gasteiger partial charge in [-0.15, -0.1) is 6.58 Å². The fourth-order valence-electron chi connectivity index (χ4n) is 0.942. The Morgan fingerprint density at radius 1 is 1.54 bits per heavy atom. The van der Waals surface area contributed by atoms with Crippen LogP contribution < -0.4 is 5.32 Å². The Labute approximate surface area is 82.2 Å². The molecule has 1 nitrogen and oxygen atoms in total. The van der Waals surface area contributed by atoms with Gasteiger partial charge in [-0.2, -0.15) is 0 Å². The molecule has 13 heavy (non-hydrogen) atoms. The van der Waals surface area contributed by atoms with Crippen LogP contribution in [-0.4, -0.2) is 6.54 Å². The molecule has 0 aliphatic heterocycles. The Hall–Kier alpha value is -1.02. The van der Waals surface area contributed by atoms with Gasteiger partial charge in [0.1, 0.15) is 5.82 Å². The third kappa shape index (κ3) is 3.07. The second-order valence-corrected chi connectivity index (χ2v) is 3.04. The van der Waals surface area contributed by atoms with E-state index in [1.165, 1.54) is 12.1 Å². The lowest BCUT2D eigenvalue weighted by Crippen LogP contribution is -2.00. The SMILES string of the molecule is C=CCCNc1ccc(F)cc1Cl. The maximum Gasteiger partial charge on any atom is 0.124 e. The smallest absolute Gasteiger partial charge is 0.124 e. The minimum absolute atomic E-state index is 0.320. The van der Waals surface area contributed by atoms with Crippen molar-refractivity contribution >= 4 is 17.3 Å². The van der Waals surface area contributed by atoms with E-state index in [-0.39, 0.29) is 5.82 Å². The van der Waals surface area contributed by atoms with E-state index < -0.39 is 0 Å². The van der Waals surface area contributed by atoms with E-state index >= 15 is 0 Å². The van der Waals surface area contributed by atoms with Crippen LogP contribution in [0.25, 0.3) is 0 Å². The third-order valence-electron chi connectivity index (χ3n) is 1.60. The van der Waals surface area contributed by atoms with Crippen molar-refractivity contribution in [2.24, 2.45) is 0 Å². The molecule has 0 saturated heterocycles. The molecule has 0 aliphatic rings.